The highest BCUT2D eigenvalue weighted by Crippen LogP contribution is 2.22. The SMILES string of the molecule is CCN(C)C(=O)C(=O)c1ccc(C(C)(C)C)cc1. The van der Waals surface area contributed by atoms with Crippen LogP contribution >= 0.6 is 0 Å². The molecule has 0 fully saturated rings. The minimum atomic E-state index is -0.457. The van der Waals surface area contributed by atoms with E-state index in [2.05, 4.69) is 20.8 Å². The zero-order chi connectivity index (χ0) is 13.9. The van der Waals surface area contributed by atoms with E-state index >= 15 is 0 Å². The Morgan fingerprint density at radius 2 is 1.61 bits per heavy atom. The number of likely N-dealkylation sites (N-methyl/N-ethyl adjacent to an activating group) is 1. The predicted molar refractivity (Wildman–Crippen MR) is 72.8 cm³/mol. The number of hydrogen-bond donors (Lipinski definition) is 0. The molecule has 0 unspecified atom stereocenters. The van der Waals surface area contributed by atoms with Crippen molar-refractivity contribution in [3.05, 3.63) is 35.4 Å². The Morgan fingerprint density at radius 1 is 1.11 bits per heavy atom. The van der Waals surface area contributed by atoms with Crippen LogP contribution in [0.4, 0.5) is 0 Å². The van der Waals surface area contributed by atoms with Crippen molar-refractivity contribution in [2.24, 2.45) is 0 Å². The minimum Gasteiger partial charge on any atom is -0.339 e. The summed E-state index contributed by atoms with van der Waals surface area (Å²) >= 11 is 0. The van der Waals surface area contributed by atoms with Gasteiger partial charge < -0.3 is 4.90 Å². The molecule has 0 bridgehead atoms. The van der Waals surface area contributed by atoms with Crippen LogP contribution in [0.5, 0.6) is 0 Å². The molecule has 0 radical (unpaired) electrons. The number of benzene rings is 1. The molecular weight excluding hydrogens is 226 g/mol. The van der Waals surface area contributed by atoms with E-state index < -0.39 is 11.7 Å². The van der Waals surface area contributed by atoms with Gasteiger partial charge in [0.05, 0.1) is 0 Å². The first kappa shape index (κ1) is 14.4. The molecule has 1 amide bonds. The molecule has 0 N–H and O–H groups in total. The van der Waals surface area contributed by atoms with Gasteiger partial charge in [-0.05, 0) is 17.9 Å². The molecule has 0 atom stereocenters. The van der Waals surface area contributed by atoms with Crippen molar-refractivity contribution in [1.29, 1.82) is 0 Å². The maximum absolute atomic E-state index is 11.9. The van der Waals surface area contributed by atoms with Crippen LogP contribution < -0.4 is 0 Å². The third-order valence-electron chi connectivity index (χ3n) is 3.03. The van der Waals surface area contributed by atoms with E-state index in [9.17, 15) is 9.59 Å². The Morgan fingerprint density at radius 3 is 2.00 bits per heavy atom. The van der Waals surface area contributed by atoms with E-state index in [1.165, 1.54) is 4.90 Å². The zero-order valence-corrected chi connectivity index (χ0v) is 11.8. The second kappa shape index (κ2) is 5.34. The third kappa shape index (κ3) is 3.19. The molecule has 3 nitrogen and oxygen atoms in total. The molecule has 98 valence electrons. The number of hydrogen-bond acceptors (Lipinski definition) is 2. The lowest BCUT2D eigenvalue weighted by atomic mass is 9.86. The highest BCUT2D eigenvalue weighted by atomic mass is 16.2. The van der Waals surface area contributed by atoms with Crippen molar-refractivity contribution in [1.82, 2.24) is 4.90 Å². The van der Waals surface area contributed by atoms with Gasteiger partial charge in [0, 0.05) is 19.2 Å². The summed E-state index contributed by atoms with van der Waals surface area (Å²) in [4.78, 5) is 25.1. The number of nitrogens with zero attached hydrogens (tertiary/aromatic N) is 1. The van der Waals surface area contributed by atoms with Crippen molar-refractivity contribution >= 4 is 11.7 Å². The summed E-state index contributed by atoms with van der Waals surface area (Å²) in [5.74, 6) is -0.902. The average molecular weight is 247 g/mol. The van der Waals surface area contributed by atoms with Gasteiger partial charge in [0.1, 0.15) is 0 Å². The minimum absolute atomic E-state index is 0.0474. The summed E-state index contributed by atoms with van der Waals surface area (Å²) in [6, 6.07) is 7.27. The van der Waals surface area contributed by atoms with Crippen molar-refractivity contribution in [3.8, 4) is 0 Å². The summed E-state index contributed by atoms with van der Waals surface area (Å²) in [5.41, 5.74) is 1.65. The number of Topliss-reactive ketones (excluding diaryl/α,β-unsaturated/α-hetero) is 1. The van der Waals surface area contributed by atoms with E-state index in [0.717, 1.165) is 5.56 Å². The monoisotopic (exact) mass is 247 g/mol. The van der Waals surface area contributed by atoms with Gasteiger partial charge in [-0.25, -0.2) is 0 Å². The van der Waals surface area contributed by atoms with Gasteiger partial charge in [0.2, 0.25) is 5.78 Å². The van der Waals surface area contributed by atoms with Crippen LogP contribution in [0.3, 0.4) is 0 Å². The Balaban J connectivity index is 2.93. The van der Waals surface area contributed by atoms with E-state index in [4.69, 9.17) is 0 Å². The second-order valence-corrected chi connectivity index (χ2v) is 5.48. The molecule has 1 aromatic carbocycles. The smallest absolute Gasteiger partial charge is 0.294 e. The Kier molecular flexibility index (Phi) is 4.28. The van der Waals surface area contributed by atoms with Gasteiger partial charge >= 0.3 is 0 Å². The summed E-state index contributed by atoms with van der Waals surface area (Å²) < 4.78 is 0. The number of amides is 1. The molecule has 1 aromatic rings. The van der Waals surface area contributed by atoms with Crippen LogP contribution in [0, 0.1) is 0 Å². The van der Waals surface area contributed by atoms with Gasteiger partial charge in [0.15, 0.2) is 0 Å². The quantitative estimate of drug-likeness (QED) is 0.608. The summed E-state index contributed by atoms with van der Waals surface area (Å²) in [6.45, 7) is 8.71. The maximum atomic E-state index is 11.9. The first-order chi connectivity index (χ1) is 8.27. The largest absolute Gasteiger partial charge is 0.339 e. The van der Waals surface area contributed by atoms with Crippen LogP contribution in [-0.2, 0) is 10.2 Å². The molecule has 1 rings (SSSR count). The molecule has 0 aliphatic rings. The van der Waals surface area contributed by atoms with Crippen LogP contribution in [0.1, 0.15) is 43.6 Å². The molecule has 0 aliphatic carbocycles. The molecule has 18 heavy (non-hydrogen) atoms. The summed E-state index contributed by atoms with van der Waals surface area (Å²) in [7, 11) is 1.63. The molecule has 0 saturated carbocycles. The Labute approximate surface area is 109 Å². The molecule has 0 heterocycles. The molecule has 0 spiro atoms. The molecule has 0 aliphatic heterocycles. The first-order valence-corrected chi connectivity index (χ1v) is 6.17. The van der Waals surface area contributed by atoms with Crippen molar-refractivity contribution in [2.75, 3.05) is 13.6 Å². The predicted octanol–water partition coefficient (Wildman–Crippen LogP) is 2.65. The standard InChI is InChI=1S/C15H21NO2/c1-6-16(5)14(18)13(17)11-7-9-12(10-8-11)15(2,3)4/h7-10H,6H2,1-5H3. The van der Waals surface area contributed by atoms with E-state index in [0.29, 0.717) is 12.1 Å². The number of carbonyl (C=O) groups is 2. The molecule has 3 heteroatoms. The van der Waals surface area contributed by atoms with E-state index in [-0.39, 0.29) is 5.41 Å². The number of rotatable bonds is 3. The Bertz CT molecular complexity index is 441. The summed E-state index contributed by atoms with van der Waals surface area (Å²) in [6.07, 6.45) is 0. The fourth-order valence-electron chi connectivity index (χ4n) is 1.56. The van der Waals surface area contributed by atoms with Crippen molar-refractivity contribution in [3.63, 3.8) is 0 Å². The normalized spacial score (nSPS) is 11.2. The molecule has 0 saturated heterocycles. The zero-order valence-electron chi connectivity index (χ0n) is 11.8. The fraction of sp³-hybridized carbons (Fsp3) is 0.467. The lowest BCUT2D eigenvalue weighted by Crippen LogP contribution is -2.33. The fourth-order valence-corrected chi connectivity index (χ4v) is 1.56. The van der Waals surface area contributed by atoms with Crippen LogP contribution in [0.2, 0.25) is 0 Å². The maximum Gasteiger partial charge on any atom is 0.294 e. The lowest BCUT2D eigenvalue weighted by Gasteiger charge is -2.19. The van der Waals surface area contributed by atoms with Crippen LogP contribution in [-0.4, -0.2) is 30.2 Å². The lowest BCUT2D eigenvalue weighted by molar-refractivity contribution is -0.125. The highest BCUT2D eigenvalue weighted by molar-refractivity contribution is 6.42. The average Bonchev–Trinajstić information content (AvgIpc) is 2.35. The van der Waals surface area contributed by atoms with Crippen LogP contribution in [0.15, 0.2) is 24.3 Å². The van der Waals surface area contributed by atoms with Gasteiger partial charge in [-0.1, -0.05) is 45.0 Å². The van der Waals surface area contributed by atoms with Crippen LogP contribution in [0.25, 0.3) is 0 Å². The van der Waals surface area contributed by atoms with Crippen molar-refractivity contribution in [2.45, 2.75) is 33.1 Å². The second-order valence-electron chi connectivity index (χ2n) is 5.48. The van der Waals surface area contributed by atoms with Gasteiger partial charge in [-0.15, -0.1) is 0 Å². The third-order valence-corrected chi connectivity index (χ3v) is 3.03. The number of ketones is 1. The highest BCUT2D eigenvalue weighted by Gasteiger charge is 2.20. The van der Waals surface area contributed by atoms with Gasteiger partial charge in [-0.2, -0.15) is 0 Å². The van der Waals surface area contributed by atoms with Gasteiger partial charge in [-0.3, -0.25) is 9.59 Å². The summed E-state index contributed by atoms with van der Waals surface area (Å²) in [5, 5.41) is 0. The number of carbonyl (C=O) groups excluding carboxylic acids is 2. The molecule has 0 aromatic heterocycles. The van der Waals surface area contributed by atoms with Gasteiger partial charge in [0.25, 0.3) is 5.91 Å². The first-order valence-electron chi connectivity index (χ1n) is 6.17. The topological polar surface area (TPSA) is 37.4 Å². The Hall–Kier alpha value is -1.64. The van der Waals surface area contributed by atoms with Crippen molar-refractivity contribution < 1.29 is 9.59 Å². The molecular formula is C15H21NO2. The van der Waals surface area contributed by atoms with E-state index in [1.54, 1.807) is 19.2 Å². The van der Waals surface area contributed by atoms with E-state index in [1.807, 2.05) is 19.1 Å².